The molecule has 0 spiro atoms. The van der Waals surface area contributed by atoms with Crippen LogP contribution < -0.4 is 10.4 Å². The number of aliphatic hydroxyl groups is 2. The molecular formula is C42H58O3Si. The summed E-state index contributed by atoms with van der Waals surface area (Å²) < 4.78 is 7.48. The zero-order chi connectivity index (χ0) is 33.2. The molecule has 3 nitrogen and oxygen atoms in total. The highest BCUT2D eigenvalue weighted by Crippen LogP contribution is 2.59. The zero-order valence-corrected chi connectivity index (χ0v) is 30.5. The van der Waals surface area contributed by atoms with Crippen LogP contribution >= 0.6 is 0 Å². The molecule has 3 fully saturated rings. The van der Waals surface area contributed by atoms with E-state index in [9.17, 15) is 10.2 Å². The van der Waals surface area contributed by atoms with E-state index >= 15 is 0 Å². The lowest BCUT2D eigenvalue weighted by atomic mass is 9.61. The van der Waals surface area contributed by atoms with E-state index in [2.05, 4.69) is 119 Å². The molecule has 0 saturated heterocycles. The highest BCUT2D eigenvalue weighted by molar-refractivity contribution is 6.99. The van der Waals surface area contributed by atoms with Crippen molar-refractivity contribution in [1.82, 2.24) is 0 Å². The van der Waals surface area contributed by atoms with Gasteiger partial charge >= 0.3 is 0 Å². The van der Waals surface area contributed by atoms with Gasteiger partial charge in [0.25, 0.3) is 8.32 Å². The third kappa shape index (κ3) is 7.49. The van der Waals surface area contributed by atoms with Gasteiger partial charge in [-0.25, -0.2) is 0 Å². The lowest BCUT2D eigenvalue weighted by Crippen LogP contribution is -2.68. The van der Waals surface area contributed by atoms with Gasteiger partial charge in [-0.2, -0.15) is 0 Å². The molecule has 3 aliphatic rings. The van der Waals surface area contributed by atoms with Crippen molar-refractivity contribution in [3.05, 3.63) is 84.0 Å². The second-order valence-electron chi connectivity index (χ2n) is 16.4. The Morgan fingerprint density at radius 3 is 2.17 bits per heavy atom. The van der Waals surface area contributed by atoms with Crippen LogP contribution in [0, 0.1) is 35.0 Å². The summed E-state index contributed by atoms with van der Waals surface area (Å²) in [5, 5.41) is 23.7. The highest BCUT2D eigenvalue weighted by Gasteiger charge is 2.52. The van der Waals surface area contributed by atoms with Crippen LogP contribution in [-0.2, 0) is 4.43 Å². The fraction of sp³-hybridized carbons (Fsp3) is 0.571. The van der Waals surface area contributed by atoms with Crippen molar-refractivity contribution in [3.63, 3.8) is 0 Å². The van der Waals surface area contributed by atoms with Crippen LogP contribution in [0.25, 0.3) is 0 Å². The van der Waals surface area contributed by atoms with Gasteiger partial charge in [-0.05, 0) is 104 Å². The minimum atomic E-state index is -2.69. The minimum Gasteiger partial charge on any atom is -0.404 e. The van der Waals surface area contributed by atoms with Gasteiger partial charge in [0.1, 0.15) is 5.60 Å². The first-order valence-electron chi connectivity index (χ1n) is 17.8. The molecular weight excluding hydrogens is 581 g/mol. The van der Waals surface area contributed by atoms with Crippen molar-refractivity contribution in [3.8, 4) is 11.8 Å². The van der Waals surface area contributed by atoms with E-state index in [1.807, 2.05) is 0 Å². The van der Waals surface area contributed by atoms with E-state index in [1.165, 1.54) is 48.1 Å². The molecule has 3 aliphatic carbocycles. The van der Waals surface area contributed by atoms with Crippen molar-refractivity contribution >= 4 is 18.7 Å². The average molecular weight is 639 g/mol. The number of hydrogen-bond acceptors (Lipinski definition) is 3. The molecule has 0 bridgehead atoms. The van der Waals surface area contributed by atoms with Crippen molar-refractivity contribution in [2.24, 2.45) is 23.2 Å². The lowest BCUT2D eigenvalue weighted by molar-refractivity contribution is 0.0689. The van der Waals surface area contributed by atoms with Gasteiger partial charge in [-0.1, -0.05) is 125 Å². The Morgan fingerprint density at radius 2 is 1.59 bits per heavy atom. The predicted molar refractivity (Wildman–Crippen MR) is 195 cm³/mol. The molecule has 0 heterocycles. The highest BCUT2D eigenvalue weighted by atomic mass is 28.4. The Labute approximate surface area is 280 Å². The van der Waals surface area contributed by atoms with E-state index in [0.29, 0.717) is 29.6 Å². The molecule has 4 heteroatoms. The first kappa shape index (κ1) is 34.9. The second-order valence-corrected chi connectivity index (χ2v) is 20.7. The van der Waals surface area contributed by atoms with Crippen LogP contribution in [0.15, 0.2) is 84.0 Å². The van der Waals surface area contributed by atoms with Crippen molar-refractivity contribution < 1.29 is 14.6 Å². The first-order chi connectivity index (χ1) is 21.7. The van der Waals surface area contributed by atoms with Crippen LogP contribution in [0.4, 0.5) is 0 Å². The summed E-state index contributed by atoms with van der Waals surface area (Å²) in [5.41, 5.74) is 2.29. The maximum Gasteiger partial charge on any atom is 0.261 e. The van der Waals surface area contributed by atoms with E-state index in [4.69, 9.17) is 4.43 Å². The molecule has 0 unspecified atom stereocenters. The van der Waals surface area contributed by atoms with Gasteiger partial charge in [0.2, 0.25) is 0 Å². The molecule has 0 aromatic heterocycles. The predicted octanol–water partition coefficient (Wildman–Crippen LogP) is 8.35. The molecule has 0 amide bonds. The quantitative estimate of drug-likeness (QED) is 0.237. The molecule has 0 aliphatic heterocycles. The monoisotopic (exact) mass is 638 g/mol. The van der Waals surface area contributed by atoms with Gasteiger partial charge in [0, 0.05) is 6.42 Å². The standard InChI is InChI=1S/C42H58O3Si/c1-31(16-14-26-41(5,6)44)38-24-25-39-33(17-15-27-42(38,39)7)23-22-32-28-34(43)30-35(29-32)45-46(40(2,3)4,36-18-10-8-11-19-36)37-20-12-9-13-21-37/h8-13,18-23,31,34-35,38-39,43-44H,15-17,24-25,27-30H2,1-7H3/b32-22+,33-23+/t31-,34+,35-,38-,39-,42-/m1/s1. The molecule has 6 atom stereocenters. The summed E-state index contributed by atoms with van der Waals surface area (Å²) >= 11 is 0. The number of hydrogen-bond donors (Lipinski definition) is 2. The van der Waals surface area contributed by atoms with Gasteiger partial charge in [-0.15, -0.1) is 5.92 Å². The summed E-state index contributed by atoms with van der Waals surface area (Å²) in [7, 11) is -2.69. The van der Waals surface area contributed by atoms with Gasteiger partial charge in [0.05, 0.1) is 12.2 Å². The molecule has 248 valence electrons. The summed E-state index contributed by atoms with van der Waals surface area (Å²) in [6, 6.07) is 21.7. The fourth-order valence-corrected chi connectivity index (χ4v) is 14.0. The molecule has 3 saturated carbocycles. The summed E-state index contributed by atoms with van der Waals surface area (Å²) in [6.45, 7) is 15.4. The summed E-state index contributed by atoms with van der Waals surface area (Å²) in [4.78, 5) is 0. The van der Waals surface area contributed by atoms with E-state index in [0.717, 1.165) is 19.3 Å². The topological polar surface area (TPSA) is 49.7 Å². The van der Waals surface area contributed by atoms with Crippen LogP contribution in [0.3, 0.4) is 0 Å². The molecule has 2 aromatic rings. The maximum atomic E-state index is 11.2. The van der Waals surface area contributed by atoms with Gasteiger partial charge in [-0.3, -0.25) is 0 Å². The average Bonchev–Trinajstić information content (AvgIpc) is 3.36. The SMILES string of the molecule is C[C@H](CC#CC(C)(C)O)[C@H]1CC[C@@H]2/C(=C/C=C3\C[C@H](O)C[C@H](O[Si](c4ccccc4)(c4ccccc4)C(C)(C)C)C3)CCC[C@@]21C. The number of benzene rings is 2. The Morgan fingerprint density at radius 1 is 0.957 bits per heavy atom. The third-order valence-corrected chi connectivity index (χ3v) is 16.5. The third-order valence-electron chi connectivity index (χ3n) is 11.4. The molecule has 2 N–H and O–H groups in total. The first-order valence-corrected chi connectivity index (χ1v) is 19.7. The molecule has 46 heavy (non-hydrogen) atoms. The van der Waals surface area contributed by atoms with Crippen molar-refractivity contribution in [1.29, 1.82) is 0 Å². The Bertz CT molecular complexity index is 1400. The Kier molecular flexibility index (Phi) is 10.6. The number of fused-ring (bicyclic) bond motifs is 1. The van der Waals surface area contributed by atoms with Gasteiger partial charge in [0.15, 0.2) is 0 Å². The van der Waals surface area contributed by atoms with Crippen LogP contribution in [0.2, 0.25) is 5.04 Å². The number of allylic oxidation sites excluding steroid dienone is 3. The maximum absolute atomic E-state index is 11.2. The normalized spacial score (nSPS) is 29.7. The fourth-order valence-electron chi connectivity index (χ4n) is 9.33. The molecule has 5 rings (SSSR count). The second kappa shape index (κ2) is 14.0. The summed E-state index contributed by atoms with van der Waals surface area (Å²) in [5.74, 6) is 8.12. The zero-order valence-electron chi connectivity index (χ0n) is 29.5. The van der Waals surface area contributed by atoms with Crippen LogP contribution in [0.1, 0.15) is 106 Å². The Balaban J connectivity index is 1.38. The van der Waals surface area contributed by atoms with Gasteiger partial charge < -0.3 is 14.6 Å². The molecule has 2 aromatic carbocycles. The number of rotatable bonds is 7. The van der Waals surface area contributed by atoms with E-state index in [-0.39, 0.29) is 17.2 Å². The van der Waals surface area contributed by atoms with Crippen LogP contribution in [-0.4, -0.2) is 36.3 Å². The summed E-state index contributed by atoms with van der Waals surface area (Å²) in [6.07, 6.45) is 13.7. The Hall–Kier alpha value is -2.42. The number of aliphatic hydroxyl groups excluding tert-OH is 1. The van der Waals surface area contributed by atoms with E-state index < -0.39 is 13.9 Å². The molecule has 0 radical (unpaired) electrons. The van der Waals surface area contributed by atoms with E-state index in [1.54, 1.807) is 19.4 Å². The van der Waals surface area contributed by atoms with Crippen LogP contribution in [0.5, 0.6) is 0 Å². The smallest absolute Gasteiger partial charge is 0.261 e. The van der Waals surface area contributed by atoms with Crippen molar-refractivity contribution in [2.45, 2.75) is 129 Å². The largest absolute Gasteiger partial charge is 0.404 e. The lowest BCUT2D eigenvalue weighted by Gasteiger charge is -2.46. The van der Waals surface area contributed by atoms with Crippen molar-refractivity contribution in [2.75, 3.05) is 0 Å². The minimum absolute atomic E-state index is 0.0296.